The van der Waals surface area contributed by atoms with E-state index in [9.17, 15) is 13.2 Å². The molecule has 0 radical (unpaired) electrons. The predicted molar refractivity (Wildman–Crippen MR) is 130 cm³/mol. The highest BCUT2D eigenvalue weighted by molar-refractivity contribution is 7.99. The average Bonchev–Trinajstić information content (AvgIpc) is 3.17. The van der Waals surface area contributed by atoms with Gasteiger partial charge in [0.2, 0.25) is 15.9 Å². The molecule has 2 aromatic rings. The zero-order valence-electron chi connectivity index (χ0n) is 19.8. The first-order valence-corrected chi connectivity index (χ1v) is 13.8. The Bertz CT molecular complexity index is 1140. The molecule has 2 aliphatic rings. The molecule has 3 heterocycles. The molecule has 0 aliphatic carbocycles. The summed E-state index contributed by atoms with van der Waals surface area (Å²) >= 11 is 1.38. The van der Waals surface area contributed by atoms with Crippen LogP contribution < -0.4 is 0 Å². The van der Waals surface area contributed by atoms with Crippen molar-refractivity contribution in [1.82, 2.24) is 19.2 Å². The van der Waals surface area contributed by atoms with Gasteiger partial charge in [-0.3, -0.25) is 4.79 Å². The van der Waals surface area contributed by atoms with Crippen molar-refractivity contribution >= 4 is 27.7 Å². The predicted octanol–water partition coefficient (Wildman–Crippen LogP) is 3.51. The number of amides is 1. The van der Waals surface area contributed by atoms with Crippen molar-refractivity contribution < 1.29 is 13.2 Å². The SMILES string of the molecule is Cc1ccc(C)c(S(=O)(=O)N2CCC3(CCN(C(=O)CSc4nc(C)cc(C)n4)C3)CC2)c1. The Hall–Kier alpha value is -1.97. The molecule has 0 unspecified atom stereocenters. The van der Waals surface area contributed by atoms with Gasteiger partial charge in [0.25, 0.3) is 0 Å². The van der Waals surface area contributed by atoms with Crippen molar-refractivity contribution in [3.05, 3.63) is 46.8 Å². The molecular weight excluding hydrogens is 456 g/mol. The van der Waals surface area contributed by atoms with Gasteiger partial charge >= 0.3 is 0 Å². The molecule has 4 rings (SSSR count). The highest BCUT2D eigenvalue weighted by atomic mass is 32.2. The van der Waals surface area contributed by atoms with Crippen molar-refractivity contribution in [1.29, 1.82) is 0 Å². The van der Waals surface area contributed by atoms with Crippen LogP contribution in [-0.2, 0) is 14.8 Å². The summed E-state index contributed by atoms with van der Waals surface area (Å²) in [4.78, 5) is 24.0. The van der Waals surface area contributed by atoms with Crippen LogP contribution in [0.5, 0.6) is 0 Å². The van der Waals surface area contributed by atoms with Crippen molar-refractivity contribution in [3.63, 3.8) is 0 Å². The Labute approximate surface area is 201 Å². The normalized spacial score (nSPS) is 18.7. The minimum Gasteiger partial charge on any atom is -0.341 e. The largest absolute Gasteiger partial charge is 0.341 e. The zero-order valence-corrected chi connectivity index (χ0v) is 21.4. The molecular formula is C24H32N4O3S2. The molecule has 0 N–H and O–H groups in total. The number of aryl methyl sites for hydroxylation is 4. The van der Waals surface area contributed by atoms with Gasteiger partial charge in [0.05, 0.1) is 10.6 Å². The fraction of sp³-hybridized carbons (Fsp3) is 0.542. The third-order valence-electron chi connectivity index (χ3n) is 6.82. The first-order chi connectivity index (χ1) is 15.6. The summed E-state index contributed by atoms with van der Waals surface area (Å²) in [6.45, 7) is 10.1. The van der Waals surface area contributed by atoms with Crippen molar-refractivity contribution in [2.45, 2.75) is 57.0 Å². The van der Waals surface area contributed by atoms with Gasteiger partial charge in [-0.05, 0) is 75.6 Å². The molecule has 1 aromatic carbocycles. The minimum atomic E-state index is -3.50. The number of likely N-dealkylation sites (tertiary alicyclic amines) is 1. The maximum Gasteiger partial charge on any atom is 0.243 e. The van der Waals surface area contributed by atoms with E-state index in [0.29, 0.717) is 35.4 Å². The van der Waals surface area contributed by atoms with Gasteiger partial charge in [0.1, 0.15) is 0 Å². The van der Waals surface area contributed by atoms with Crippen LogP contribution in [0, 0.1) is 33.1 Å². The van der Waals surface area contributed by atoms with Gasteiger partial charge in [0.15, 0.2) is 5.16 Å². The smallest absolute Gasteiger partial charge is 0.243 e. The molecule has 7 nitrogen and oxygen atoms in total. The number of hydrogen-bond acceptors (Lipinski definition) is 6. The number of carbonyl (C=O) groups excluding carboxylic acids is 1. The van der Waals surface area contributed by atoms with Crippen LogP contribution in [-0.4, -0.2) is 65.4 Å². The van der Waals surface area contributed by atoms with E-state index >= 15 is 0 Å². The molecule has 2 aliphatic heterocycles. The van der Waals surface area contributed by atoms with Gasteiger partial charge in [-0.2, -0.15) is 4.31 Å². The van der Waals surface area contributed by atoms with Gasteiger partial charge < -0.3 is 4.90 Å². The third-order valence-corrected chi connectivity index (χ3v) is 9.69. The lowest BCUT2D eigenvalue weighted by atomic mass is 9.78. The molecule has 0 bridgehead atoms. The highest BCUT2D eigenvalue weighted by Crippen LogP contribution is 2.42. The monoisotopic (exact) mass is 488 g/mol. The molecule has 1 aromatic heterocycles. The number of benzene rings is 1. The first-order valence-electron chi connectivity index (χ1n) is 11.4. The standard InChI is InChI=1S/C24H32N4O3S2/c1-17-5-6-18(2)21(13-17)33(30,31)28-11-8-24(9-12-28)7-10-27(16-24)22(29)15-32-23-25-19(3)14-20(4)26-23/h5-6,13-14H,7-12,15-16H2,1-4H3. The number of piperidine rings is 1. The lowest BCUT2D eigenvalue weighted by Crippen LogP contribution is -2.44. The number of carbonyl (C=O) groups is 1. The number of sulfonamides is 1. The van der Waals surface area contributed by atoms with Crippen LogP contribution >= 0.6 is 11.8 Å². The highest BCUT2D eigenvalue weighted by Gasteiger charge is 2.44. The summed E-state index contributed by atoms with van der Waals surface area (Å²) in [6.07, 6.45) is 2.50. The maximum absolute atomic E-state index is 13.3. The maximum atomic E-state index is 13.3. The lowest BCUT2D eigenvalue weighted by molar-refractivity contribution is -0.127. The summed E-state index contributed by atoms with van der Waals surface area (Å²) in [5, 5.41) is 0.639. The molecule has 1 amide bonds. The van der Waals surface area contributed by atoms with Crippen LogP contribution in [0.1, 0.15) is 41.8 Å². The molecule has 178 valence electrons. The van der Waals surface area contributed by atoms with E-state index in [2.05, 4.69) is 9.97 Å². The van der Waals surface area contributed by atoms with Crippen LogP contribution in [0.2, 0.25) is 0 Å². The van der Waals surface area contributed by atoms with Gasteiger partial charge in [-0.15, -0.1) is 0 Å². The summed E-state index contributed by atoms with van der Waals surface area (Å²) < 4.78 is 28.1. The lowest BCUT2D eigenvalue weighted by Gasteiger charge is -2.38. The molecule has 1 spiro atoms. The molecule has 33 heavy (non-hydrogen) atoms. The van der Waals surface area contributed by atoms with E-state index in [1.807, 2.05) is 50.8 Å². The summed E-state index contributed by atoms with van der Waals surface area (Å²) in [5.41, 5.74) is 3.55. The quantitative estimate of drug-likeness (QED) is 0.473. The number of nitrogens with zero attached hydrogens (tertiary/aromatic N) is 4. The second-order valence-corrected chi connectivity index (χ2v) is 12.3. The number of rotatable bonds is 5. The summed E-state index contributed by atoms with van der Waals surface area (Å²) in [6, 6.07) is 7.49. The van der Waals surface area contributed by atoms with Crippen molar-refractivity contribution in [2.75, 3.05) is 31.9 Å². The fourth-order valence-corrected chi connectivity index (χ4v) is 7.46. The Balaban J connectivity index is 1.35. The Morgan fingerprint density at radius 2 is 1.64 bits per heavy atom. The minimum absolute atomic E-state index is 0.0183. The van der Waals surface area contributed by atoms with Crippen LogP contribution in [0.3, 0.4) is 0 Å². The van der Waals surface area contributed by atoms with Crippen molar-refractivity contribution in [2.24, 2.45) is 5.41 Å². The van der Waals surface area contributed by atoms with E-state index in [4.69, 9.17) is 0 Å². The van der Waals surface area contributed by atoms with E-state index < -0.39 is 10.0 Å². The fourth-order valence-electron chi connectivity index (χ4n) is 4.86. The van der Waals surface area contributed by atoms with Gasteiger partial charge in [-0.1, -0.05) is 23.9 Å². The topological polar surface area (TPSA) is 83.5 Å². The number of hydrogen-bond donors (Lipinski definition) is 0. The van der Waals surface area contributed by atoms with Crippen LogP contribution in [0.4, 0.5) is 0 Å². The third kappa shape index (κ3) is 5.25. The van der Waals surface area contributed by atoms with Gasteiger partial charge in [-0.25, -0.2) is 18.4 Å². The van der Waals surface area contributed by atoms with E-state index in [1.54, 1.807) is 10.4 Å². The second-order valence-electron chi connectivity index (χ2n) is 9.46. The van der Waals surface area contributed by atoms with Crippen LogP contribution in [0.25, 0.3) is 0 Å². The summed E-state index contributed by atoms with van der Waals surface area (Å²) in [7, 11) is -3.50. The number of thioether (sulfide) groups is 1. The van der Waals surface area contributed by atoms with E-state index in [0.717, 1.165) is 48.3 Å². The molecule has 0 saturated carbocycles. The first kappa shape index (κ1) is 24.2. The van der Waals surface area contributed by atoms with E-state index in [1.165, 1.54) is 11.8 Å². The average molecular weight is 489 g/mol. The molecule has 2 fully saturated rings. The summed E-state index contributed by atoms with van der Waals surface area (Å²) in [5.74, 6) is 0.427. The van der Waals surface area contributed by atoms with Crippen LogP contribution in [0.15, 0.2) is 34.3 Å². The zero-order chi connectivity index (χ0) is 23.8. The van der Waals surface area contributed by atoms with Gasteiger partial charge in [0, 0.05) is 37.6 Å². The molecule has 0 atom stereocenters. The second kappa shape index (κ2) is 9.35. The number of aromatic nitrogens is 2. The Kier molecular flexibility index (Phi) is 6.85. The van der Waals surface area contributed by atoms with E-state index in [-0.39, 0.29) is 11.3 Å². The van der Waals surface area contributed by atoms with Crippen molar-refractivity contribution in [3.8, 4) is 0 Å². The Morgan fingerprint density at radius 1 is 1.00 bits per heavy atom. The Morgan fingerprint density at radius 3 is 2.30 bits per heavy atom. The molecule has 2 saturated heterocycles. The molecule has 9 heteroatoms.